The van der Waals surface area contributed by atoms with Gasteiger partial charge in [0.1, 0.15) is 17.7 Å². The summed E-state index contributed by atoms with van der Waals surface area (Å²) in [6.07, 6.45) is 5.73. The average Bonchev–Trinajstić information content (AvgIpc) is 3.49. The molecule has 0 amide bonds. The van der Waals surface area contributed by atoms with Crippen LogP contribution in [0.15, 0.2) is 98.9 Å². The Hall–Kier alpha value is -5.39. The quantitative estimate of drug-likeness (QED) is 0.303. The second-order valence-electron chi connectivity index (χ2n) is 8.95. The highest BCUT2D eigenvalue weighted by atomic mass is 16.5. The number of nitrogens with one attached hydrogen (secondary N) is 2. The Bertz CT molecular complexity index is 1670. The molecule has 1 aliphatic heterocycles. The van der Waals surface area contributed by atoms with Crippen molar-refractivity contribution in [3.63, 3.8) is 0 Å². The zero-order chi connectivity index (χ0) is 28.1. The van der Waals surface area contributed by atoms with Gasteiger partial charge in [0.25, 0.3) is 0 Å². The minimum Gasteiger partial charge on any atom is -0.467 e. The molecule has 12 heteroatoms. The van der Waals surface area contributed by atoms with Crippen LogP contribution in [0.1, 0.15) is 16.8 Å². The van der Waals surface area contributed by atoms with Crippen molar-refractivity contribution in [2.24, 2.45) is 0 Å². The van der Waals surface area contributed by atoms with Crippen LogP contribution in [0.25, 0.3) is 0 Å². The number of carbonyl (C=O) groups is 1. The minimum absolute atomic E-state index is 0.0681. The Balaban J connectivity index is 1.37. The summed E-state index contributed by atoms with van der Waals surface area (Å²) in [7, 11) is 1.32. The Morgan fingerprint density at radius 2 is 1.82 bits per heavy atom. The van der Waals surface area contributed by atoms with Crippen molar-refractivity contribution >= 4 is 17.6 Å². The second kappa shape index (κ2) is 11.6. The molecule has 3 heterocycles. The van der Waals surface area contributed by atoms with E-state index in [0.717, 1.165) is 15.7 Å². The van der Waals surface area contributed by atoms with Gasteiger partial charge in [-0.1, -0.05) is 35.0 Å². The van der Waals surface area contributed by atoms with Crippen LogP contribution in [0, 0.1) is 6.92 Å². The molecule has 0 spiro atoms. The Kier molecular flexibility index (Phi) is 7.58. The topological polar surface area (TPSA) is 143 Å². The molecule has 0 radical (unpaired) electrons. The first-order valence-electron chi connectivity index (χ1n) is 12.3. The van der Waals surface area contributed by atoms with Gasteiger partial charge in [0.05, 0.1) is 25.8 Å². The van der Waals surface area contributed by atoms with Crippen molar-refractivity contribution in [2.45, 2.75) is 26.2 Å². The van der Waals surface area contributed by atoms with Crippen molar-refractivity contribution in [3.05, 3.63) is 123 Å². The molecule has 0 saturated carbocycles. The number of hydrogen-bond donors (Lipinski definition) is 2. The maximum atomic E-state index is 13.5. The van der Waals surface area contributed by atoms with E-state index >= 15 is 0 Å². The molecule has 5 rings (SSSR count). The number of hydrogen-bond acceptors (Lipinski definition) is 10. The number of aryl methyl sites for hydroxylation is 1. The molecule has 204 valence electrons. The number of anilines is 2. The molecular formula is C28H26N6O6. The van der Waals surface area contributed by atoms with Crippen LogP contribution in [0.5, 0.6) is 5.75 Å². The second-order valence-corrected chi connectivity index (χ2v) is 8.95. The van der Waals surface area contributed by atoms with Crippen LogP contribution in [0.3, 0.4) is 0 Å². The third kappa shape index (κ3) is 6.01. The normalized spacial score (nSPS) is 14.2. The van der Waals surface area contributed by atoms with Crippen molar-refractivity contribution in [1.29, 1.82) is 0 Å². The first kappa shape index (κ1) is 26.2. The number of nitrogens with zero attached hydrogens (tertiary/aromatic N) is 4. The van der Waals surface area contributed by atoms with E-state index in [0.29, 0.717) is 22.7 Å². The molecular weight excluding hydrogens is 516 g/mol. The molecule has 1 atom stereocenters. The molecule has 12 nitrogen and oxygen atoms in total. The van der Waals surface area contributed by atoms with Crippen LogP contribution < -0.4 is 26.7 Å². The molecule has 1 unspecified atom stereocenters. The summed E-state index contributed by atoms with van der Waals surface area (Å²) in [6.45, 7) is 2.10. The van der Waals surface area contributed by atoms with Crippen molar-refractivity contribution in [2.75, 3.05) is 12.4 Å². The summed E-state index contributed by atoms with van der Waals surface area (Å²) in [6, 6.07) is 16.3. The van der Waals surface area contributed by atoms with Gasteiger partial charge in [-0.15, -0.1) is 0 Å². The summed E-state index contributed by atoms with van der Waals surface area (Å²) >= 11 is 0. The molecule has 2 aromatic carbocycles. The van der Waals surface area contributed by atoms with E-state index in [9.17, 15) is 14.4 Å². The molecule has 0 fully saturated rings. The summed E-state index contributed by atoms with van der Waals surface area (Å²) in [4.78, 5) is 42.1. The number of aromatic nitrogens is 4. The number of esters is 1. The number of dihydropyridines is 1. The smallest absolute Gasteiger partial charge is 0.355 e. The highest BCUT2D eigenvalue weighted by molar-refractivity contribution is 5.91. The maximum absolute atomic E-state index is 13.5. The third-order valence-electron chi connectivity index (χ3n) is 6.07. The molecule has 2 N–H and O–H groups in total. The fraction of sp³-hybridized carbons (Fsp3) is 0.179. The van der Waals surface area contributed by atoms with E-state index in [-0.39, 0.29) is 19.0 Å². The molecule has 0 aliphatic carbocycles. The first-order valence-corrected chi connectivity index (χ1v) is 12.3. The lowest BCUT2D eigenvalue weighted by molar-refractivity contribution is -0.135. The van der Waals surface area contributed by atoms with E-state index in [1.807, 2.05) is 31.2 Å². The van der Waals surface area contributed by atoms with Crippen LogP contribution >= 0.6 is 0 Å². The van der Waals surface area contributed by atoms with Crippen molar-refractivity contribution in [3.8, 4) is 5.75 Å². The van der Waals surface area contributed by atoms with Gasteiger partial charge in [-0.25, -0.2) is 19.0 Å². The van der Waals surface area contributed by atoms with Gasteiger partial charge in [0, 0.05) is 18.0 Å². The summed E-state index contributed by atoms with van der Waals surface area (Å²) in [5, 5.41) is 9.86. The minimum atomic E-state index is -0.717. The number of ether oxygens (including phenoxy) is 2. The highest BCUT2D eigenvalue weighted by Crippen LogP contribution is 2.20. The van der Waals surface area contributed by atoms with E-state index < -0.39 is 23.6 Å². The Morgan fingerprint density at radius 1 is 1.05 bits per heavy atom. The Labute approximate surface area is 228 Å². The third-order valence-corrected chi connectivity index (χ3v) is 6.07. The zero-order valence-electron chi connectivity index (χ0n) is 21.7. The first-order chi connectivity index (χ1) is 19.4. The predicted octanol–water partition coefficient (Wildman–Crippen LogP) is 2.46. The summed E-state index contributed by atoms with van der Waals surface area (Å²) < 4.78 is 17.8. The van der Waals surface area contributed by atoms with Crippen molar-refractivity contribution in [1.82, 2.24) is 24.6 Å². The molecule has 4 aromatic rings. The predicted molar refractivity (Wildman–Crippen MR) is 145 cm³/mol. The van der Waals surface area contributed by atoms with Gasteiger partial charge < -0.3 is 24.6 Å². The lowest BCUT2D eigenvalue weighted by Crippen LogP contribution is -2.43. The highest BCUT2D eigenvalue weighted by Gasteiger charge is 2.17. The molecule has 0 bridgehead atoms. The van der Waals surface area contributed by atoms with Gasteiger partial charge in [-0.2, -0.15) is 4.98 Å². The molecule has 40 heavy (non-hydrogen) atoms. The van der Waals surface area contributed by atoms with E-state index in [1.165, 1.54) is 24.1 Å². The van der Waals surface area contributed by atoms with Gasteiger partial charge in [0.15, 0.2) is 6.23 Å². The summed E-state index contributed by atoms with van der Waals surface area (Å²) in [5.41, 5.74) is 2.10. The average molecular weight is 543 g/mol. The maximum Gasteiger partial charge on any atom is 0.355 e. The van der Waals surface area contributed by atoms with E-state index in [1.54, 1.807) is 42.5 Å². The molecule has 2 aromatic heterocycles. The van der Waals surface area contributed by atoms with Crippen LogP contribution in [0.4, 0.5) is 11.6 Å². The summed E-state index contributed by atoms with van der Waals surface area (Å²) in [5.74, 6) is 0.201. The van der Waals surface area contributed by atoms with Crippen LogP contribution in [0.2, 0.25) is 0 Å². The number of rotatable bonds is 9. The Morgan fingerprint density at radius 3 is 2.48 bits per heavy atom. The van der Waals surface area contributed by atoms with E-state index in [4.69, 9.17) is 14.0 Å². The van der Waals surface area contributed by atoms with Gasteiger partial charge in [-0.05, 0) is 48.9 Å². The number of benzene rings is 2. The standard InChI is InChI=1S/C28H26N6O6/c1-18-3-5-19(6-4-18)16-33-26(31-27(36)34(28(33)37)17-22-13-14-39-32-22)30-21-8-10-23(11-9-21)40-24-12-7-20(15-29-24)25(35)38-2/h3-15,24,29H,16-17H2,1-2H3,(H,30,31,36). The van der Waals surface area contributed by atoms with Crippen LogP contribution in [-0.2, 0) is 22.6 Å². The lowest BCUT2D eigenvalue weighted by Gasteiger charge is -2.20. The van der Waals surface area contributed by atoms with Gasteiger partial charge in [0.2, 0.25) is 5.95 Å². The fourth-order valence-electron chi connectivity index (χ4n) is 3.94. The zero-order valence-corrected chi connectivity index (χ0v) is 21.7. The lowest BCUT2D eigenvalue weighted by atomic mass is 10.1. The van der Waals surface area contributed by atoms with Crippen LogP contribution in [-0.4, -0.2) is 38.6 Å². The number of carbonyl (C=O) groups excluding carboxylic acids is 1. The largest absolute Gasteiger partial charge is 0.467 e. The fourth-order valence-corrected chi connectivity index (χ4v) is 3.94. The monoisotopic (exact) mass is 542 g/mol. The van der Waals surface area contributed by atoms with E-state index in [2.05, 4.69) is 20.8 Å². The number of methoxy groups -OCH3 is 1. The molecule has 1 aliphatic rings. The van der Waals surface area contributed by atoms with Gasteiger partial charge >= 0.3 is 17.3 Å². The molecule has 0 saturated heterocycles. The van der Waals surface area contributed by atoms with Crippen molar-refractivity contribution < 1.29 is 18.8 Å². The van der Waals surface area contributed by atoms with Gasteiger partial charge in [-0.3, -0.25) is 4.57 Å². The SMILES string of the molecule is COC(=O)C1=CNC(Oc2ccc(Nc3nc(=O)n(Cc4ccon4)c(=O)n3Cc3ccc(C)cc3)cc2)C=C1.